The quantitative estimate of drug-likeness (QED) is 0.159. The van der Waals surface area contributed by atoms with Gasteiger partial charge in [0.2, 0.25) is 5.71 Å². The van der Waals surface area contributed by atoms with Crippen molar-refractivity contribution in [3.63, 3.8) is 0 Å². The van der Waals surface area contributed by atoms with Crippen molar-refractivity contribution in [1.82, 2.24) is 24.5 Å². The second-order valence-corrected chi connectivity index (χ2v) is 16.3. The third-order valence-electron chi connectivity index (χ3n) is 11.5. The molecule has 0 fully saturated rings. The van der Waals surface area contributed by atoms with Gasteiger partial charge in [-0.15, -0.1) is 5.56 Å². The number of fused-ring (bicyclic) bond motifs is 14. The Hall–Kier alpha value is -7.29. The van der Waals surface area contributed by atoms with E-state index < -0.39 is 6.85 Å². The fraction of sp³-hybridized carbons (Fsp3) is 0.0980. The molecule has 8 heterocycles. The first-order valence-electron chi connectivity index (χ1n) is 21.3. The number of nitrogens with zero attached hydrogens (tertiary/aromatic N) is 5. The van der Waals surface area contributed by atoms with E-state index in [2.05, 4.69) is 56.1 Å². The van der Waals surface area contributed by atoms with Crippen molar-refractivity contribution in [2.24, 2.45) is 0 Å². The molecule has 0 saturated heterocycles. The van der Waals surface area contributed by atoms with E-state index in [-0.39, 0.29) is 37.9 Å². The van der Waals surface area contributed by atoms with Gasteiger partial charge in [0.1, 0.15) is 22.3 Å². The van der Waals surface area contributed by atoms with E-state index in [0.29, 0.717) is 83.8 Å². The molecule has 62 heavy (non-hydrogen) atoms. The molecule has 0 N–H and O–H groups in total. The predicted octanol–water partition coefficient (Wildman–Crippen LogP) is 13.4. The zero-order valence-electron chi connectivity index (χ0n) is 36.1. The molecule has 0 aliphatic heterocycles. The first-order valence-corrected chi connectivity index (χ1v) is 19.8. The molecule has 13 aromatic rings. The minimum absolute atomic E-state index is 0. The molecule has 0 atom stereocenters. The van der Waals surface area contributed by atoms with Crippen LogP contribution >= 0.6 is 0 Å². The Morgan fingerprint density at radius 3 is 2.31 bits per heavy atom. The van der Waals surface area contributed by atoms with Gasteiger partial charge in [-0.25, -0.2) is 9.97 Å². The predicted molar refractivity (Wildman–Crippen MR) is 236 cm³/mol. The van der Waals surface area contributed by atoms with Gasteiger partial charge in [0.15, 0.2) is 11.2 Å². The van der Waals surface area contributed by atoms with Gasteiger partial charge >= 0.3 is 21.1 Å². The smallest absolute Gasteiger partial charge is 0.496 e. The molecule has 0 bridgehead atoms. The van der Waals surface area contributed by atoms with Gasteiger partial charge in [-0.1, -0.05) is 104 Å². The molecule has 0 spiro atoms. The summed E-state index contributed by atoms with van der Waals surface area (Å²) in [5.41, 5.74) is 8.91. The standard InChI is InChI=1S/C51H31N5O5.Pt/c1-26-13-15-31-34-20-28(22-36(48(34)60-50(31)54-26)46-47-39(17-18-52-46)56-49(55-47)33-10-6-8-12-41(33)61-56)57-29-21-35(38-24-43-37(25-53-38)30-9-5-7-11-40(30)58-43)45-32-16-14-27(51(2,3)4)19-42(32)59-44(45)23-29;/h5-20,23-25H,1-4H3;/q-2;+2/i1D3;. The number of pyridine rings is 3. The summed E-state index contributed by atoms with van der Waals surface area (Å²) in [5, 5.41) is 5.65. The van der Waals surface area contributed by atoms with E-state index >= 15 is 0 Å². The summed E-state index contributed by atoms with van der Waals surface area (Å²) in [7, 11) is 0. The number of aryl methyl sites for hydroxylation is 1. The van der Waals surface area contributed by atoms with E-state index in [1.54, 1.807) is 22.9 Å². The fourth-order valence-corrected chi connectivity index (χ4v) is 8.56. The van der Waals surface area contributed by atoms with E-state index in [1.807, 2.05) is 72.9 Å². The molecule has 0 radical (unpaired) electrons. The number of para-hydroxylation sites is 2. The zero-order valence-corrected chi connectivity index (χ0v) is 35.3. The SMILES string of the molecule is [2H]C([2H])([2H])c1ccc2c(n1)oc1c(-c3nccc4c3nc3c5ccccc5on43)[c-]c(Oc3[c-]c(-c4cc5oc6ccccc6c5cn4)c4c(c3)oc3cc(C(C)(C)C)ccc34)cc12.[Pt+2]. The van der Waals surface area contributed by atoms with Crippen LogP contribution in [0.2, 0.25) is 0 Å². The number of imidazole rings is 1. The zero-order chi connectivity index (χ0) is 43.2. The van der Waals surface area contributed by atoms with Crippen molar-refractivity contribution in [3.8, 4) is 34.0 Å². The molecule has 11 heteroatoms. The summed E-state index contributed by atoms with van der Waals surface area (Å²) < 4.78 is 58.2. The van der Waals surface area contributed by atoms with Crippen LogP contribution < -0.4 is 4.74 Å². The summed E-state index contributed by atoms with van der Waals surface area (Å²) >= 11 is 0. The molecule has 0 saturated carbocycles. The van der Waals surface area contributed by atoms with Crippen LogP contribution in [0.3, 0.4) is 0 Å². The van der Waals surface area contributed by atoms with Crippen molar-refractivity contribution >= 4 is 93.6 Å². The number of ether oxygens (including phenoxy) is 1. The first-order chi connectivity index (χ1) is 30.9. The van der Waals surface area contributed by atoms with Crippen molar-refractivity contribution in [2.75, 3.05) is 0 Å². The molecule has 0 aliphatic rings. The second kappa shape index (κ2) is 13.1. The monoisotopic (exact) mass is 991 g/mol. The van der Waals surface area contributed by atoms with Gasteiger partial charge in [-0.05, 0) is 77.4 Å². The number of hydrogen-bond acceptors (Lipinski definition) is 9. The molecule has 0 unspecified atom stereocenters. The number of rotatable bonds is 4. The largest absolute Gasteiger partial charge is 2.00 e. The normalized spacial score (nSPS) is 13.3. The van der Waals surface area contributed by atoms with E-state index in [1.165, 1.54) is 6.07 Å². The Balaban J connectivity index is 0.00000444. The van der Waals surface area contributed by atoms with Crippen LogP contribution in [-0.2, 0) is 26.5 Å². The summed E-state index contributed by atoms with van der Waals surface area (Å²) in [6.07, 6.45) is 3.50. The van der Waals surface area contributed by atoms with Crippen molar-refractivity contribution in [3.05, 3.63) is 139 Å². The minimum atomic E-state index is -2.45. The van der Waals surface area contributed by atoms with Gasteiger partial charge in [-0.3, -0.25) is 0 Å². The summed E-state index contributed by atoms with van der Waals surface area (Å²) in [4.78, 5) is 19.3. The number of aromatic nitrogens is 5. The summed E-state index contributed by atoms with van der Waals surface area (Å²) in [6, 6.07) is 39.4. The van der Waals surface area contributed by atoms with Crippen LogP contribution in [0.5, 0.6) is 11.5 Å². The average molecular weight is 992 g/mol. The molecular weight excluding hydrogens is 958 g/mol. The van der Waals surface area contributed by atoms with Crippen molar-refractivity contribution in [1.29, 1.82) is 0 Å². The molecule has 0 amide bonds. The van der Waals surface area contributed by atoms with Crippen LogP contribution in [0.15, 0.2) is 133 Å². The van der Waals surface area contributed by atoms with Gasteiger partial charge in [0, 0.05) is 55.6 Å². The van der Waals surface area contributed by atoms with Gasteiger partial charge in [0.05, 0.1) is 22.1 Å². The molecule has 0 aliphatic carbocycles. The fourth-order valence-electron chi connectivity index (χ4n) is 8.56. The van der Waals surface area contributed by atoms with Gasteiger partial charge in [-0.2, -0.15) is 4.57 Å². The Labute approximate surface area is 370 Å². The minimum Gasteiger partial charge on any atom is -0.496 e. The Bertz CT molecular complexity index is 4120. The number of benzene rings is 5. The van der Waals surface area contributed by atoms with Crippen LogP contribution in [0.4, 0.5) is 0 Å². The van der Waals surface area contributed by atoms with Crippen molar-refractivity contribution in [2.45, 2.75) is 33.0 Å². The van der Waals surface area contributed by atoms with Gasteiger partial charge in [0.25, 0.3) is 0 Å². The number of furan rings is 3. The van der Waals surface area contributed by atoms with Crippen LogP contribution in [0.25, 0.3) is 116 Å². The molecule has 10 nitrogen and oxygen atoms in total. The maximum atomic E-state index is 8.03. The average Bonchev–Trinajstić information content (AvgIpc) is 4.10. The third kappa shape index (κ3) is 5.39. The van der Waals surface area contributed by atoms with Crippen LogP contribution in [0, 0.1) is 19.0 Å². The van der Waals surface area contributed by atoms with Crippen molar-refractivity contribution < 1.29 is 47.7 Å². The molecule has 300 valence electrons. The Morgan fingerprint density at radius 1 is 0.661 bits per heavy atom. The molecule has 13 rings (SSSR count). The molecule has 5 aromatic carbocycles. The first kappa shape index (κ1) is 33.4. The molecule has 8 aromatic heterocycles. The summed E-state index contributed by atoms with van der Waals surface area (Å²) in [5.74, 6) is 0.629. The van der Waals surface area contributed by atoms with Crippen LogP contribution in [0.1, 0.15) is 36.1 Å². The summed E-state index contributed by atoms with van der Waals surface area (Å²) in [6.45, 7) is 4.07. The maximum absolute atomic E-state index is 8.03. The van der Waals surface area contributed by atoms with Crippen LogP contribution in [-0.4, -0.2) is 24.5 Å². The topological polar surface area (TPSA) is 118 Å². The van der Waals surface area contributed by atoms with E-state index in [9.17, 15) is 0 Å². The van der Waals surface area contributed by atoms with E-state index in [0.717, 1.165) is 43.7 Å². The maximum Gasteiger partial charge on any atom is 2.00 e. The van der Waals surface area contributed by atoms with Gasteiger partial charge < -0.3 is 32.5 Å². The second-order valence-electron chi connectivity index (χ2n) is 16.3. The number of hydrogen-bond donors (Lipinski definition) is 0. The third-order valence-corrected chi connectivity index (χ3v) is 11.5. The Morgan fingerprint density at radius 2 is 1.44 bits per heavy atom. The Kier molecular flexibility index (Phi) is 7.07. The molecular formula is C51H31N5O5Pt. The van der Waals surface area contributed by atoms with E-state index in [4.69, 9.17) is 41.6 Å².